The Hall–Kier alpha value is -3.24. The van der Waals surface area contributed by atoms with Crippen molar-refractivity contribution in [1.82, 2.24) is 19.7 Å². The van der Waals surface area contributed by atoms with Crippen LogP contribution in [0.25, 0.3) is 10.9 Å². The first-order valence-corrected chi connectivity index (χ1v) is 11.5. The van der Waals surface area contributed by atoms with E-state index < -0.39 is 24.2 Å². The number of fused-ring (bicyclic) bond motifs is 4. The van der Waals surface area contributed by atoms with Crippen LogP contribution in [0.2, 0.25) is 0 Å². The molecule has 0 unspecified atom stereocenters. The Labute approximate surface area is 202 Å². The minimum absolute atomic E-state index is 0.0171. The summed E-state index contributed by atoms with van der Waals surface area (Å²) < 4.78 is 30.2. The molecule has 2 aliphatic heterocycles. The fraction of sp³-hybridized carbons (Fsp3) is 0.440. The number of likely N-dealkylation sites (N-methyl/N-ethyl adjacent to an activating group) is 1. The Kier molecular flexibility index (Phi) is 6.70. The largest absolute Gasteiger partial charge is 0.435 e. The third-order valence-corrected chi connectivity index (χ3v) is 6.88. The summed E-state index contributed by atoms with van der Waals surface area (Å²) in [7, 11) is 1.86. The highest BCUT2D eigenvalue weighted by Crippen LogP contribution is 2.49. The lowest BCUT2D eigenvalue weighted by Crippen LogP contribution is -2.53. The van der Waals surface area contributed by atoms with E-state index in [1.54, 1.807) is 24.0 Å². The minimum Gasteiger partial charge on any atom is -0.435 e. The lowest BCUT2D eigenvalue weighted by molar-refractivity contribution is -0.133. The smallest absolute Gasteiger partial charge is 0.387 e. The molecular formula is C25H30F2N4O4. The highest BCUT2D eigenvalue weighted by atomic mass is 19.3. The van der Waals surface area contributed by atoms with Crippen molar-refractivity contribution in [2.45, 2.75) is 38.0 Å². The number of carbonyl (C=O) groups excluding carboxylic acids is 2. The van der Waals surface area contributed by atoms with Crippen LogP contribution in [0.1, 0.15) is 30.6 Å². The number of halogens is 2. The molecule has 3 heterocycles. The number of nitrogens with one attached hydrogen (secondary N) is 1. The van der Waals surface area contributed by atoms with E-state index in [-0.39, 0.29) is 31.2 Å². The number of H-pyrrole nitrogens is 1. The van der Waals surface area contributed by atoms with Gasteiger partial charge in [-0.05, 0) is 56.3 Å². The minimum atomic E-state index is -2.96. The van der Waals surface area contributed by atoms with E-state index in [1.807, 2.05) is 11.9 Å². The van der Waals surface area contributed by atoms with Crippen molar-refractivity contribution in [1.29, 1.82) is 0 Å². The zero-order valence-corrected chi connectivity index (χ0v) is 19.9. The number of aromatic nitrogens is 1. The van der Waals surface area contributed by atoms with Crippen molar-refractivity contribution in [2.75, 3.05) is 33.3 Å². The van der Waals surface area contributed by atoms with Gasteiger partial charge in [0.05, 0.1) is 12.6 Å². The monoisotopic (exact) mass is 488 g/mol. The molecule has 0 spiro atoms. The first-order valence-electron chi connectivity index (χ1n) is 11.5. The van der Waals surface area contributed by atoms with E-state index in [9.17, 15) is 18.4 Å². The van der Waals surface area contributed by atoms with Crippen LogP contribution in [-0.2, 0) is 11.2 Å². The van der Waals surface area contributed by atoms with Crippen LogP contribution in [0.15, 0.2) is 43.0 Å². The number of rotatable bonds is 10. The van der Waals surface area contributed by atoms with Gasteiger partial charge in [0.25, 0.3) is 5.91 Å². The van der Waals surface area contributed by atoms with E-state index in [0.29, 0.717) is 41.7 Å². The maximum atomic E-state index is 13.6. The molecule has 2 N–H and O–H groups in total. The molecule has 3 amide bonds. The summed E-state index contributed by atoms with van der Waals surface area (Å²) in [6.07, 6.45) is 2.34. The van der Waals surface area contributed by atoms with Gasteiger partial charge in [0.15, 0.2) is 0 Å². The zero-order valence-electron chi connectivity index (χ0n) is 19.9. The molecule has 188 valence electrons. The molecule has 0 saturated carbocycles. The highest BCUT2D eigenvalue weighted by Gasteiger charge is 2.59. The van der Waals surface area contributed by atoms with Crippen molar-refractivity contribution in [3.05, 3.63) is 54.3 Å². The lowest BCUT2D eigenvalue weighted by Gasteiger charge is -2.42. The first kappa shape index (κ1) is 24.9. The quantitative estimate of drug-likeness (QED) is 0.395. The van der Waals surface area contributed by atoms with E-state index in [0.717, 1.165) is 5.56 Å². The standard InChI is InChI=1S/C25H30F2N4O4/c1-5-15(2)21-20-18(17-13-16(35-23(26)27)7-8-19(17)28-20)14-25(3)22(33)30(24(34)31(21)25)10-6-9-29(4)11-12-32/h5,7-8,13,21,23,28,32H,1-2,6,9-12,14H2,3-4H3/t21-,25+/m1/s1. The van der Waals surface area contributed by atoms with Crippen molar-refractivity contribution in [2.24, 2.45) is 0 Å². The molecule has 1 saturated heterocycles. The summed E-state index contributed by atoms with van der Waals surface area (Å²) in [4.78, 5) is 35.3. The molecule has 8 nitrogen and oxygen atoms in total. The van der Waals surface area contributed by atoms with Gasteiger partial charge in [-0.1, -0.05) is 19.2 Å². The molecule has 0 bridgehead atoms. The maximum Gasteiger partial charge on any atom is 0.387 e. The SMILES string of the molecule is C=CC(=C)[C@@H]1c2[nH]c3ccc(OC(F)F)cc3c2C[C@@]2(C)C(=O)N(CCCN(C)CCO)C(=O)N12. The van der Waals surface area contributed by atoms with Crippen LogP contribution < -0.4 is 4.74 Å². The van der Waals surface area contributed by atoms with Crippen molar-refractivity contribution < 1.29 is 28.2 Å². The summed E-state index contributed by atoms with van der Waals surface area (Å²) >= 11 is 0. The Balaban J connectivity index is 1.72. The van der Waals surface area contributed by atoms with E-state index in [4.69, 9.17) is 5.11 Å². The van der Waals surface area contributed by atoms with Gasteiger partial charge in [0.2, 0.25) is 0 Å². The summed E-state index contributed by atoms with van der Waals surface area (Å²) in [5, 5.41) is 9.74. The first-order chi connectivity index (χ1) is 16.6. The number of carbonyl (C=O) groups is 2. The second-order valence-corrected chi connectivity index (χ2v) is 9.23. The third-order valence-electron chi connectivity index (χ3n) is 6.88. The highest BCUT2D eigenvalue weighted by molar-refractivity contribution is 6.08. The third kappa shape index (κ3) is 4.21. The molecule has 2 atom stereocenters. The summed E-state index contributed by atoms with van der Waals surface area (Å²) in [6.45, 7) is 8.08. The van der Waals surface area contributed by atoms with Crippen molar-refractivity contribution >= 4 is 22.8 Å². The van der Waals surface area contributed by atoms with Crippen molar-refractivity contribution in [3.8, 4) is 5.75 Å². The predicted molar refractivity (Wildman–Crippen MR) is 127 cm³/mol. The average Bonchev–Trinajstić information content (AvgIpc) is 3.24. The molecule has 1 aromatic heterocycles. The van der Waals surface area contributed by atoms with E-state index >= 15 is 0 Å². The summed E-state index contributed by atoms with van der Waals surface area (Å²) in [6, 6.07) is 3.56. The van der Waals surface area contributed by atoms with Gasteiger partial charge in [-0.25, -0.2) is 4.79 Å². The number of imide groups is 1. The van der Waals surface area contributed by atoms with Crippen LogP contribution in [0, 0.1) is 0 Å². The maximum absolute atomic E-state index is 13.6. The fourth-order valence-electron chi connectivity index (χ4n) is 5.14. The van der Waals surface area contributed by atoms with Crippen LogP contribution in [-0.4, -0.2) is 82.2 Å². The van der Waals surface area contributed by atoms with Gasteiger partial charge in [-0.3, -0.25) is 14.6 Å². The normalized spacial score (nSPS) is 21.7. The van der Waals surface area contributed by atoms with Crippen LogP contribution in [0.3, 0.4) is 0 Å². The molecule has 4 rings (SSSR count). The number of alkyl halides is 2. The van der Waals surface area contributed by atoms with E-state index in [1.165, 1.54) is 17.0 Å². The van der Waals surface area contributed by atoms with E-state index in [2.05, 4.69) is 22.9 Å². The Morgan fingerprint density at radius 1 is 1.40 bits per heavy atom. The molecule has 2 aliphatic rings. The van der Waals surface area contributed by atoms with Gasteiger partial charge in [-0.15, -0.1) is 0 Å². The van der Waals surface area contributed by atoms with Gasteiger partial charge in [0.1, 0.15) is 11.3 Å². The number of aliphatic hydroxyl groups excluding tert-OH is 1. The molecular weight excluding hydrogens is 458 g/mol. The number of ether oxygens (including phenoxy) is 1. The Bertz CT molecular complexity index is 1180. The van der Waals surface area contributed by atoms with Gasteiger partial charge in [0, 0.05) is 36.1 Å². The molecule has 10 heteroatoms. The topological polar surface area (TPSA) is 89.1 Å². The Morgan fingerprint density at radius 3 is 2.80 bits per heavy atom. The second kappa shape index (κ2) is 9.43. The molecule has 1 fully saturated rings. The fourth-order valence-corrected chi connectivity index (χ4v) is 5.14. The summed E-state index contributed by atoms with van der Waals surface area (Å²) in [5.74, 6) is -0.294. The molecule has 0 radical (unpaired) electrons. The number of aromatic amines is 1. The van der Waals surface area contributed by atoms with Crippen LogP contribution in [0.4, 0.5) is 13.6 Å². The molecule has 35 heavy (non-hydrogen) atoms. The molecule has 1 aromatic carbocycles. The number of aliphatic hydroxyl groups is 1. The lowest BCUT2D eigenvalue weighted by atomic mass is 9.81. The Morgan fingerprint density at radius 2 is 2.14 bits per heavy atom. The molecule has 0 aliphatic carbocycles. The second-order valence-electron chi connectivity index (χ2n) is 9.23. The predicted octanol–water partition coefficient (Wildman–Crippen LogP) is 3.45. The number of nitrogens with zero attached hydrogens (tertiary/aromatic N) is 3. The van der Waals surface area contributed by atoms with Crippen LogP contribution in [0.5, 0.6) is 5.75 Å². The van der Waals surface area contributed by atoms with Gasteiger partial charge >= 0.3 is 12.6 Å². The van der Waals surface area contributed by atoms with Crippen molar-refractivity contribution in [3.63, 3.8) is 0 Å². The number of hydrogen-bond donors (Lipinski definition) is 2. The van der Waals surface area contributed by atoms with Gasteiger partial charge in [-0.2, -0.15) is 8.78 Å². The number of amides is 3. The molecule has 2 aromatic rings. The number of hydrogen-bond acceptors (Lipinski definition) is 5. The zero-order chi connectivity index (χ0) is 25.5. The van der Waals surface area contributed by atoms with Crippen LogP contribution >= 0.6 is 0 Å². The van der Waals surface area contributed by atoms with Gasteiger partial charge < -0.3 is 19.7 Å². The average molecular weight is 489 g/mol. The number of urea groups is 1. The number of benzene rings is 1. The summed E-state index contributed by atoms with van der Waals surface area (Å²) in [5.41, 5.74) is 1.50.